The van der Waals surface area contributed by atoms with E-state index in [0.29, 0.717) is 48.6 Å². The van der Waals surface area contributed by atoms with Crippen molar-refractivity contribution in [2.75, 3.05) is 16.4 Å². The van der Waals surface area contributed by atoms with Crippen molar-refractivity contribution in [2.24, 2.45) is 5.92 Å². The van der Waals surface area contributed by atoms with Crippen molar-refractivity contribution in [3.8, 4) is 6.07 Å². The van der Waals surface area contributed by atoms with E-state index in [0.717, 1.165) is 16.0 Å². The lowest BCUT2D eigenvalue weighted by Gasteiger charge is -2.33. The number of hydrogen-bond donors (Lipinski definition) is 4. The zero-order valence-electron chi connectivity index (χ0n) is 18.8. The quantitative estimate of drug-likeness (QED) is 0.430. The second-order valence-corrected chi connectivity index (χ2v) is 9.74. The largest absolute Gasteiger partial charge is 0.391 e. The van der Waals surface area contributed by atoms with Crippen LogP contribution in [0.5, 0.6) is 0 Å². The van der Waals surface area contributed by atoms with Crippen molar-refractivity contribution in [1.82, 2.24) is 15.3 Å². The molecule has 1 saturated carbocycles. The number of carbonyl (C=O) groups is 2. The van der Waals surface area contributed by atoms with Gasteiger partial charge < -0.3 is 21.1 Å². The molecule has 1 aliphatic carbocycles. The van der Waals surface area contributed by atoms with E-state index in [1.54, 1.807) is 18.2 Å². The molecule has 9 nitrogen and oxygen atoms in total. The molecule has 35 heavy (non-hydrogen) atoms. The number of nitrogens with one attached hydrogen (secondary N) is 3. The van der Waals surface area contributed by atoms with E-state index in [2.05, 4.69) is 25.9 Å². The number of benzene rings is 1. The Kier molecular flexibility index (Phi) is 6.63. The van der Waals surface area contributed by atoms with Crippen LogP contribution in [0, 0.1) is 17.2 Å². The summed E-state index contributed by atoms with van der Waals surface area (Å²) >= 11 is 1.47. The van der Waals surface area contributed by atoms with Gasteiger partial charge in [0.1, 0.15) is 17.6 Å². The van der Waals surface area contributed by atoms with Gasteiger partial charge in [0.05, 0.1) is 33.7 Å². The number of pyridine rings is 2. The number of aliphatic hydroxyl groups is 1. The predicted octanol–water partition coefficient (Wildman–Crippen LogP) is 2.80. The number of rotatable bonds is 5. The van der Waals surface area contributed by atoms with E-state index in [-0.39, 0.29) is 29.5 Å². The molecular formula is C25H24N6O3S. The van der Waals surface area contributed by atoms with Gasteiger partial charge in [0.2, 0.25) is 11.8 Å². The molecule has 10 heteroatoms. The first-order valence-corrected chi connectivity index (χ1v) is 12.4. The highest BCUT2D eigenvalue weighted by Crippen LogP contribution is 2.31. The standard InChI is InChI=1S/C25H24N6O3S/c26-11-16-6-4-14-2-1-3-19(23(14)28-16)30-25(34)15-5-8-18(20(32)10-15)27-12-17-7-9-21-24(29-17)31-22(33)13-35-21/h1-4,6-7,9,15,18,20,27,32H,5,8,10,12-13H2,(H,30,34)(H,29,31,33)/t15-,18?,20-/m1/s1. The molecule has 1 aromatic carbocycles. The summed E-state index contributed by atoms with van der Waals surface area (Å²) in [6.07, 6.45) is 0.939. The van der Waals surface area contributed by atoms with Crippen LogP contribution in [0.25, 0.3) is 10.9 Å². The summed E-state index contributed by atoms with van der Waals surface area (Å²) in [5.74, 6) is 0.427. The minimum Gasteiger partial charge on any atom is -0.391 e. The summed E-state index contributed by atoms with van der Waals surface area (Å²) in [4.78, 5) is 34.4. The molecule has 3 atom stereocenters. The van der Waals surface area contributed by atoms with Crippen LogP contribution in [0.4, 0.5) is 11.5 Å². The fourth-order valence-electron chi connectivity index (χ4n) is 4.51. The number of aliphatic hydroxyl groups excluding tert-OH is 1. The molecule has 0 spiro atoms. The van der Waals surface area contributed by atoms with Gasteiger partial charge in [-0.3, -0.25) is 9.59 Å². The highest BCUT2D eigenvalue weighted by Gasteiger charge is 2.33. The van der Waals surface area contributed by atoms with Crippen molar-refractivity contribution in [3.05, 3.63) is 53.9 Å². The summed E-state index contributed by atoms with van der Waals surface area (Å²) in [6.45, 7) is 0.454. The molecule has 3 aromatic rings. The van der Waals surface area contributed by atoms with Gasteiger partial charge in [0.15, 0.2) is 0 Å². The third-order valence-corrected chi connectivity index (χ3v) is 7.40. The lowest BCUT2D eigenvalue weighted by molar-refractivity contribution is -0.122. The molecule has 1 unspecified atom stereocenters. The molecule has 3 heterocycles. The van der Waals surface area contributed by atoms with Gasteiger partial charge in [-0.2, -0.15) is 5.26 Å². The van der Waals surface area contributed by atoms with Crippen molar-refractivity contribution in [3.63, 3.8) is 0 Å². The van der Waals surface area contributed by atoms with Crippen LogP contribution in [-0.2, 0) is 16.1 Å². The maximum atomic E-state index is 13.0. The highest BCUT2D eigenvalue weighted by molar-refractivity contribution is 8.00. The number of fused-ring (bicyclic) bond motifs is 2. The monoisotopic (exact) mass is 488 g/mol. The van der Waals surface area contributed by atoms with Gasteiger partial charge in [-0.1, -0.05) is 12.1 Å². The van der Waals surface area contributed by atoms with E-state index >= 15 is 0 Å². The van der Waals surface area contributed by atoms with Crippen LogP contribution >= 0.6 is 11.8 Å². The highest BCUT2D eigenvalue weighted by atomic mass is 32.2. The summed E-state index contributed by atoms with van der Waals surface area (Å²) in [6, 6.07) is 14.7. The maximum absolute atomic E-state index is 13.0. The zero-order chi connectivity index (χ0) is 24.4. The number of anilines is 2. The summed E-state index contributed by atoms with van der Waals surface area (Å²) in [5.41, 5.74) is 2.19. The van der Waals surface area contributed by atoms with Crippen LogP contribution in [0.1, 0.15) is 30.7 Å². The fourth-order valence-corrected chi connectivity index (χ4v) is 5.26. The van der Waals surface area contributed by atoms with Crippen molar-refractivity contribution < 1.29 is 14.7 Å². The molecule has 2 amide bonds. The first-order chi connectivity index (χ1) is 17.0. The summed E-state index contributed by atoms with van der Waals surface area (Å²) in [7, 11) is 0. The van der Waals surface area contributed by atoms with Gasteiger partial charge in [-0.25, -0.2) is 9.97 Å². The average Bonchev–Trinajstić information content (AvgIpc) is 2.87. The number of amides is 2. The van der Waals surface area contributed by atoms with Crippen molar-refractivity contribution in [1.29, 1.82) is 5.26 Å². The number of para-hydroxylation sites is 1. The minimum absolute atomic E-state index is 0.0584. The molecule has 0 radical (unpaired) electrons. The Morgan fingerprint density at radius 1 is 1.20 bits per heavy atom. The van der Waals surface area contributed by atoms with E-state index in [1.807, 2.05) is 30.3 Å². The summed E-state index contributed by atoms with van der Waals surface area (Å²) in [5, 5.41) is 29.8. The van der Waals surface area contributed by atoms with E-state index < -0.39 is 6.10 Å². The molecule has 1 fully saturated rings. The zero-order valence-corrected chi connectivity index (χ0v) is 19.6. The minimum atomic E-state index is -0.678. The topological polar surface area (TPSA) is 140 Å². The van der Waals surface area contributed by atoms with Crippen molar-refractivity contribution in [2.45, 2.75) is 42.8 Å². The number of nitriles is 1. The molecule has 5 rings (SSSR count). The van der Waals surface area contributed by atoms with E-state index in [9.17, 15) is 14.7 Å². The van der Waals surface area contributed by atoms with Crippen LogP contribution in [0.2, 0.25) is 0 Å². The number of thioether (sulfide) groups is 1. The van der Waals surface area contributed by atoms with Crippen molar-refractivity contribution >= 4 is 46.0 Å². The number of nitrogens with zero attached hydrogens (tertiary/aromatic N) is 3. The lowest BCUT2D eigenvalue weighted by atomic mass is 9.83. The number of carbonyl (C=O) groups excluding carboxylic acids is 2. The van der Waals surface area contributed by atoms with Gasteiger partial charge >= 0.3 is 0 Å². The van der Waals surface area contributed by atoms with Gasteiger partial charge in [0, 0.05) is 23.9 Å². The number of hydrogen-bond acceptors (Lipinski definition) is 8. The molecule has 4 N–H and O–H groups in total. The predicted molar refractivity (Wildman–Crippen MR) is 133 cm³/mol. The lowest BCUT2D eigenvalue weighted by Crippen LogP contribution is -2.46. The fraction of sp³-hybridized carbons (Fsp3) is 0.320. The second-order valence-electron chi connectivity index (χ2n) is 8.73. The SMILES string of the molecule is N#Cc1ccc2cccc(NC(=O)[C@@H]3CCC(NCc4ccc5c(n4)NC(=O)CS5)[C@H](O)C3)c2n1. The third-order valence-electron chi connectivity index (χ3n) is 6.36. The Morgan fingerprint density at radius 3 is 2.91 bits per heavy atom. The first-order valence-electron chi connectivity index (χ1n) is 11.4. The Labute approximate surface area is 206 Å². The van der Waals surface area contributed by atoms with Gasteiger partial charge in [0.25, 0.3) is 0 Å². The summed E-state index contributed by atoms with van der Waals surface area (Å²) < 4.78 is 0. The van der Waals surface area contributed by atoms with E-state index in [1.165, 1.54) is 11.8 Å². The molecule has 0 bridgehead atoms. The van der Waals surface area contributed by atoms with E-state index in [4.69, 9.17) is 5.26 Å². The third kappa shape index (κ3) is 5.12. The molecule has 2 aromatic heterocycles. The molecule has 0 saturated heterocycles. The molecule has 2 aliphatic rings. The Bertz CT molecular complexity index is 1340. The number of aromatic nitrogens is 2. The Morgan fingerprint density at radius 2 is 2.09 bits per heavy atom. The van der Waals surface area contributed by atoms with Gasteiger partial charge in [-0.15, -0.1) is 11.8 Å². The Hall–Kier alpha value is -3.52. The first kappa shape index (κ1) is 23.2. The molecule has 1 aliphatic heterocycles. The maximum Gasteiger partial charge on any atom is 0.235 e. The normalized spacial score (nSPS) is 21.6. The van der Waals surface area contributed by atoms with Crippen LogP contribution in [-0.4, -0.2) is 44.8 Å². The second kappa shape index (κ2) is 10.00. The molecular weight excluding hydrogens is 464 g/mol. The van der Waals surface area contributed by atoms with Crippen LogP contribution in [0.15, 0.2) is 47.4 Å². The van der Waals surface area contributed by atoms with Gasteiger partial charge in [-0.05, 0) is 49.6 Å². The molecule has 178 valence electrons. The smallest absolute Gasteiger partial charge is 0.235 e. The van der Waals surface area contributed by atoms with Crippen LogP contribution < -0.4 is 16.0 Å². The Balaban J connectivity index is 1.18. The van der Waals surface area contributed by atoms with Crippen LogP contribution in [0.3, 0.4) is 0 Å². The average molecular weight is 489 g/mol.